The van der Waals surface area contributed by atoms with Crippen LogP contribution in [-0.4, -0.2) is 23.1 Å². The molecule has 0 N–H and O–H groups in total. The number of nitrogens with zero attached hydrogens (tertiary/aromatic N) is 3. The molecule has 92 valence electrons. The topological polar surface area (TPSA) is 29.0 Å². The number of hydrogen-bond acceptors (Lipinski definition) is 3. The van der Waals surface area contributed by atoms with Gasteiger partial charge in [0.2, 0.25) is 0 Å². The number of allylic oxidation sites excluding steroid dienone is 1. The Balaban J connectivity index is 2.33. The van der Waals surface area contributed by atoms with Gasteiger partial charge in [-0.2, -0.15) is 0 Å². The Bertz CT molecular complexity index is 412. The van der Waals surface area contributed by atoms with Crippen molar-refractivity contribution < 1.29 is 0 Å². The van der Waals surface area contributed by atoms with Crippen molar-refractivity contribution in [1.29, 1.82) is 0 Å². The molecule has 1 atom stereocenters. The number of anilines is 1. The van der Waals surface area contributed by atoms with E-state index in [4.69, 9.17) is 0 Å². The van der Waals surface area contributed by atoms with Gasteiger partial charge in [0, 0.05) is 18.7 Å². The lowest BCUT2D eigenvalue weighted by molar-refractivity contribution is 0.444. The Labute approximate surface area is 104 Å². The molecule has 0 radical (unpaired) electrons. The molecule has 1 aliphatic rings. The minimum atomic E-state index is 0.762. The standard InChI is InChI=1S/C14H21N3/c1-4-6-13-12(3)15-10-16-14(13)17-8-5-7-11(2)9-17/h4,6,10-11H,5,7-9H2,1-3H3/b6-4-. The van der Waals surface area contributed by atoms with Crippen LogP contribution in [0.3, 0.4) is 0 Å². The highest BCUT2D eigenvalue weighted by atomic mass is 15.2. The van der Waals surface area contributed by atoms with Gasteiger partial charge in [-0.1, -0.05) is 19.1 Å². The zero-order valence-electron chi connectivity index (χ0n) is 11.0. The van der Waals surface area contributed by atoms with Gasteiger partial charge in [-0.25, -0.2) is 9.97 Å². The molecule has 1 saturated heterocycles. The summed E-state index contributed by atoms with van der Waals surface area (Å²) in [6, 6.07) is 0. The zero-order valence-corrected chi connectivity index (χ0v) is 11.0. The molecular formula is C14H21N3. The summed E-state index contributed by atoms with van der Waals surface area (Å²) in [6.07, 6.45) is 8.45. The molecule has 0 aromatic carbocycles. The van der Waals surface area contributed by atoms with Crippen molar-refractivity contribution in [1.82, 2.24) is 9.97 Å². The summed E-state index contributed by atoms with van der Waals surface area (Å²) in [6.45, 7) is 8.63. The Kier molecular flexibility index (Phi) is 3.77. The predicted molar refractivity (Wildman–Crippen MR) is 72.1 cm³/mol. The van der Waals surface area contributed by atoms with Gasteiger partial charge in [0.1, 0.15) is 12.1 Å². The molecule has 3 nitrogen and oxygen atoms in total. The summed E-state index contributed by atoms with van der Waals surface area (Å²) in [4.78, 5) is 11.2. The lowest BCUT2D eigenvalue weighted by Gasteiger charge is -2.32. The monoisotopic (exact) mass is 231 g/mol. The maximum absolute atomic E-state index is 4.48. The molecule has 17 heavy (non-hydrogen) atoms. The van der Waals surface area contributed by atoms with Crippen LogP contribution in [0.25, 0.3) is 6.08 Å². The van der Waals surface area contributed by atoms with Gasteiger partial charge in [-0.05, 0) is 32.6 Å². The minimum Gasteiger partial charge on any atom is -0.356 e. The fourth-order valence-electron chi connectivity index (χ4n) is 2.47. The molecule has 0 bridgehead atoms. The van der Waals surface area contributed by atoms with E-state index in [-0.39, 0.29) is 0 Å². The van der Waals surface area contributed by atoms with Crippen LogP contribution in [0.15, 0.2) is 12.4 Å². The molecule has 0 amide bonds. The van der Waals surface area contributed by atoms with Crippen molar-refractivity contribution in [2.24, 2.45) is 5.92 Å². The number of piperidine rings is 1. The molecule has 1 aromatic heterocycles. The number of hydrogen-bond donors (Lipinski definition) is 0. The van der Waals surface area contributed by atoms with Crippen LogP contribution in [0.5, 0.6) is 0 Å². The first-order chi connectivity index (χ1) is 8.22. The third-order valence-electron chi connectivity index (χ3n) is 3.35. The average molecular weight is 231 g/mol. The van der Waals surface area contributed by atoms with E-state index in [1.54, 1.807) is 6.33 Å². The summed E-state index contributed by atoms with van der Waals surface area (Å²) in [5.41, 5.74) is 2.23. The maximum Gasteiger partial charge on any atom is 0.139 e. The van der Waals surface area contributed by atoms with Gasteiger partial charge in [0.15, 0.2) is 0 Å². The predicted octanol–water partition coefficient (Wildman–Crippen LogP) is 3.05. The first kappa shape index (κ1) is 12.1. The third kappa shape index (κ3) is 2.65. The quantitative estimate of drug-likeness (QED) is 0.783. The van der Waals surface area contributed by atoms with Crippen molar-refractivity contribution in [2.45, 2.75) is 33.6 Å². The van der Waals surface area contributed by atoms with Gasteiger partial charge in [-0.15, -0.1) is 0 Å². The summed E-state index contributed by atoms with van der Waals surface area (Å²) in [7, 11) is 0. The van der Waals surface area contributed by atoms with E-state index in [9.17, 15) is 0 Å². The Morgan fingerprint density at radius 3 is 2.94 bits per heavy atom. The molecule has 1 aromatic rings. The summed E-state index contributed by atoms with van der Waals surface area (Å²) in [5.74, 6) is 1.86. The molecule has 0 aliphatic carbocycles. The first-order valence-electron chi connectivity index (χ1n) is 6.41. The second-order valence-electron chi connectivity index (χ2n) is 4.89. The highest BCUT2D eigenvalue weighted by Crippen LogP contribution is 2.26. The average Bonchev–Trinajstić information content (AvgIpc) is 2.32. The highest BCUT2D eigenvalue weighted by Gasteiger charge is 2.20. The number of aromatic nitrogens is 2. The highest BCUT2D eigenvalue weighted by molar-refractivity contribution is 5.65. The fraction of sp³-hybridized carbons (Fsp3) is 0.571. The van der Waals surface area contributed by atoms with Crippen molar-refractivity contribution in [3.63, 3.8) is 0 Å². The summed E-state index contributed by atoms with van der Waals surface area (Å²) < 4.78 is 0. The van der Waals surface area contributed by atoms with E-state index in [1.165, 1.54) is 18.4 Å². The smallest absolute Gasteiger partial charge is 0.139 e. The zero-order chi connectivity index (χ0) is 12.3. The lowest BCUT2D eigenvalue weighted by Crippen LogP contribution is -2.35. The second kappa shape index (κ2) is 5.30. The SMILES string of the molecule is C/C=C\c1c(C)ncnc1N1CCCC(C)C1. The molecule has 1 unspecified atom stereocenters. The minimum absolute atomic E-state index is 0.762. The van der Waals surface area contributed by atoms with E-state index in [0.29, 0.717) is 0 Å². The molecular weight excluding hydrogens is 210 g/mol. The largest absolute Gasteiger partial charge is 0.356 e. The first-order valence-corrected chi connectivity index (χ1v) is 6.41. The third-order valence-corrected chi connectivity index (χ3v) is 3.35. The molecule has 3 heteroatoms. The van der Waals surface area contributed by atoms with E-state index in [1.807, 2.05) is 13.8 Å². The van der Waals surface area contributed by atoms with Crippen molar-refractivity contribution in [3.8, 4) is 0 Å². The van der Waals surface area contributed by atoms with Gasteiger partial charge in [0.05, 0.1) is 5.69 Å². The van der Waals surface area contributed by atoms with Crippen molar-refractivity contribution in [2.75, 3.05) is 18.0 Å². The number of aryl methyl sites for hydroxylation is 1. The van der Waals surface area contributed by atoms with Crippen LogP contribution in [0, 0.1) is 12.8 Å². The molecule has 2 heterocycles. The van der Waals surface area contributed by atoms with E-state index in [2.05, 4.69) is 33.9 Å². The summed E-state index contributed by atoms with van der Waals surface area (Å²) in [5, 5.41) is 0. The van der Waals surface area contributed by atoms with E-state index < -0.39 is 0 Å². The number of rotatable bonds is 2. The molecule has 0 spiro atoms. The van der Waals surface area contributed by atoms with Crippen LogP contribution < -0.4 is 4.90 Å². The van der Waals surface area contributed by atoms with Gasteiger partial charge < -0.3 is 4.90 Å². The molecule has 1 aliphatic heterocycles. The summed E-state index contributed by atoms with van der Waals surface area (Å²) >= 11 is 0. The van der Waals surface area contributed by atoms with Crippen molar-refractivity contribution in [3.05, 3.63) is 23.7 Å². The molecule has 1 fully saturated rings. The van der Waals surface area contributed by atoms with Gasteiger partial charge in [0.25, 0.3) is 0 Å². The van der Waals surface area contributed by atoms with Gasteiger partial charge in [-0.3, -0.25) is 0 Å². The van der Waals surface area contributed by atoms with Crippen LogP contribution in [0.1, 0.15) is 37.9 Å². The Morgan fingerprint density at radius 2 is 2.24 bits per heavy atom. The normalized spacial score (nSPS) is 21.1. The van der Waals surface area contributed by atoms with Crippen LogP contribution >= 0.6 is 0 Å². The van der Waals surface area contributed by atoms with Crippen LogP contribution in [0.2, 0.25) is 0 Å². The Morgan fingerprint density at radius 1 is 1.41 bits per heavy atom. The molecule has 0 saturated carbocycles. The maximum atomic E-state index is 4.48. The van der Waals surface area contributed by atoms with Crippen LogP contribution in [0.4, 0.5) is 5.82 Å². The Hall–Kier alpha value is -1.38. The van der Waals surface area contributed by atoms with Gasteiger partial charge >= 0.3 is 0 Å². The van der Waals surface area contributed by atoms with Crippen molar-refractivity contribution >= 4 is 11.9 Å². The lowest BCUT2D eigenvalue weighted by atomic mass is 10.00. The second-order valence-corrected chi connectivity index (χ2v) is 4.89. The fourth-order valence-corrected chi connectivity index (χ4v) is 2.47. The van der Waals surface area contributed by atoms with E-state index in [0.717, 1.165) is 30.5 Å². The van der Waals surface area contributed by atoms with Crippen LogP contribution in [-0.2, 0) is 0 Å². The molecule has 2 rings (SSSR count). The van der Waals surface area contributed by atoms with E-state index >= 15 is 0 Å².